The van der Waals surface area contributed by atoms with Gasteiger partial charge in [0.2, 0.25) is 0 Å². The average molecular weight is 344 g/mol. The molecule has 0 saturated carbocycles. The van der Waals surface area contributed by atoms with Gasteiger partial charge >= 0.3 is 0 Å². The lowest BCUT2D eigenvalue weighted by Crippen LogP contribution is -2.26. The lowest BCUT2D eigenvalue weighted by Gasteiger charge is -2.07. The molecule has 0 spiro atoms. The summed E-state index contributed by atoms with van der Waals surface area (Å²) in [5.74, 6) is -0.0572. The first-order valence-electron chi connectivity index (χ1n) is 6.18. The van der Waals surface area contributed by atoms with E-state index in [2.05, 4.69) is 5.32 Å². The number of rotatable bonds is 5. The molecule has 110 valence electrons. The number of hydrogen-bond donors (Lipinski definition) is 1. The Hall–Kier alpha value is -1.23. The van der Waals surface area contributed by atoms with Gasteiger partial charge < -0.3 is 5.32 Å². The molecule has 0 aliphatic rings. The van der Waals surface area contributed by atoms with Gasteiger partial charge in [-0.1, -0.05) is 23.2 Å². The summed E-state index contributed by atoms with van der Waals surface area (Å²) >= 11 is 13.2. The van der Waals surface area contributed by atoms with E-state index in [1.165, 1.54) is 12.1 Å². The molecule has 2 aromatic carbocycles. The first kappa shape index (κ1) is 16.1. The van der Waals surface area contributed by atoms with Crippen molar-refractivity contribution in [2.45, 2.75) is 4.90 Å². The second-order valence-corrected chi connectivity index (χ2v) is 6.19. The molecule has 21 heavy (non-hydrogen) atoms. The molecule has 2 rings (SSSR count). The van der Waals surface area contributed by atoms with E-state index in [1.807, 2.05) is 24.3 Å². The second kappa shape index (κ2) is 7.69. The summed E-state index contributed by atoms with van der Waals surface area (Å²) in [7, 11) is 0. The zero-order valence-corrected chi connectivity index (χ0v) is 13.2. The summed E-state index contributed by atoms with van der Waals surface area (Å²) in [6, 6.07) is 11.2. The lowest BCUT2D eigenvalue weighted by atomic mass is 10.2. The monoisotopic (exact) mass is 343 g/mol. The second-order valence-electron chi connectivity index (χ2n) is 4.18. The first-order chi connectivity index (χ1) is 10.1. The molecule has 0 aliphatic carbocycles. The van der Waals surface area contributed by atoms with Crippen LogP contribution in [0.15, 0.2) is 47.4 Å². The predicted molar refractivity (Wildman–Crippen MR) is 85.9 cm³/mol. The normalized spacial score (nSPS) is 10.4. The van der Waals surface area contributed by atoms with Crippen LogP contribution < -0.4 is 5.32 Å². The van der Waals surface area contributed by atoms with E-state index in [0.29, 0.717) is 17.3 Å². The molecule has 0 atom stereocenters. The molecular weight excluding hydrogens is 332 g/mol. The van der Waals surface area contributed by atoms with Crippen molar-refractivity contribution in [2.75, 3.05) is 12.3 Å². The Morgan fingerprint density at radius 1 is 1.14 bits per heavy atom. The topological polar surface area (TPSA) is 29.1 Å². The highest BCUT2D eigenvalue weighted by molar-refractivity contribution is 7.99. The maximum atomic E-state index is 12.9. The molecule has 2 nitrogen and oxygen atoms in total. The molecule has 0 aliphatic heterocycles. The molecule has 0 saturated heterocycles. The maximum Gasteiger partial charge on any atom is 0.252 e. The van der Waals surface area contributed by atoms with Crippen LogP contribution in [0.4, 0.5) is 4.39 Å². The summed E-state index contributed by atoms with van der Waals surface area (Å²) in [4.78, 5) is 13.0. The number of amides is 1. The van der Waals surface area contributed by atoms with Crippen LogP contribution in [-0.2, 0) is 0 Å². The van der Waals surface area contributed by atoms with Crippen molar-refractivity contribution >= 4 is 40.9 Å². The average Bonchev–Trinajstić information content (AvgIpc) is 2.45. The molecule has 0 fully saturated rings. The fraction of sp³-hybridized carbons (Fsp3) is 0.133. The van der Waals surface area contributed by atoms with Gasteiger partial charge in [0.05, 0.1) is 10.6 Å². The van der Waals surface area contributed by atoms with E-state index >= 15 is 0 Å². The standard InChI is InChI=1S/C15H12Cl2FNOS/c16-10-1-4-12(5-2-10)21-8-7-19-15(20)13-6-3-11(18)9-14(13)17/h1-6,9H,7-8H2,(H,19,20). The molecule has 0 unspecified atom stereocenters. The zero-order valence-electron chi connectivity index (χ0n) is 10.9. The van der Waals surface area contributed by atoms with Gasteiger partial charge in [-0.25, -0.2) is 4.39 Å². The number of thioether (sulfide) groups is 1. The van der Waals surface area contributed by atoms with E-state index < -0.39 is 5.82 Å². The SMILES string of the molecule is O=C(NCCSc1ccc(Cl)cc1)c1ccc(F)cc1Cl. The third-order valence-electron chi connectivity index (χ3n) is 2.65. The number of benzene rings is 2. The van der Waals surface area contributed by atoms with Gasteiger partial charge in [-0.05, 0) is 42.5 Å². The fourth-order valence-corrected chi connectivity index (χ4v) is 2.78. The number of hydrogen-bond acceptors (Lipinski definition) is 2. The molecule has 1 amide bonds. The van der Waals surface area contributed by atoms with Gasteiger partial charge in [-0.15, -0.1) is 11.8 Å². The maximum absolute atomic E-state index is 12.9. The van der Waals surface area contributed by atoms with Gasteiger partial charge in [0.15, 0.2) is 0 Å². The van der Waals surface area contributed by atoms with E-state index in [4.69, 9.17) is 23.2 Å². The smallest absolute Gasteiger partial charge is 0.252 e. The Labute approximate surface area is 136 Å². The quantitative estimate of drug-likeness (QED) is 0.632. The van der Waals surface area contributed by atoms with Crippen LogP contribution in [-0.4, -0.2) is 18.2 Å². The Bertz CT molecular complexity index is 634. The minimum Gasteiger partial charge on any atom is -0.351 e. The number of nitrogens with one attached hydrogen (secondary N) is 1. The van der Waals surface area contributed by atoms with Crippen molar-refractivity contribution in [1.82, 2.24) is 5.32 Å². The van der Waals surface area contributed by atoms with Crippen molar-refractivity contribution in [3.63, 3.8) is 0 Å². The van der Waals surface area contributed by atoms with Crippen LogP contribution in [0.3, 0.4) is 0 Å². The van der Waals surface area contributed by atoms with Gasteiger partial charge in [0.1, 0.15) is 5.82 Å². The highest BCUT2D eigenvalue weighted by Crippen LogP contribution is 2.20. The summed E-state index contributed by atoms with van der Waals surface area (Å²) in [6.07, 6.45) is 0. The number of carbonyl (C=O) groups excluding carboxylic acids is 1. The summed E-state index contributed by atoms with van der Waals surface area (Å²) in [6.45, 7) is 0.486. The molecule has 2 aromatic rings. The van der Waals surface area contributed by atoms with Crippen LogP contribution in [0.1, 0.15) is 10.4 Å². The van der Waals surface area contributed by atoms with Gasteiger partial charge in [0, 0.05) is 22.2 Å². The summed E-state index contributed by atoms with van der Waals surface area (Å²) in [5.41, 5.74) is 0.273. The zero-order chi connectivity index (χ0) is 15.2. The van der Waals surface area contributed by atoms with Gasteiger partial charge in [-0.2, -0.15) is 0 Å². The minimum absolute atomic E-state index is 0.109. The van der Waals surface area contributed by atoms with Crippen LogP contribution in [0.2, 0.25) is 10.0 Å². The lowest BCUT2D eigenvalue weighted by molar-refractivity contribution is 0.0956. The predicted octanol–water partition coefficient (Wildman–Crippen LogP) is 4.65. The van der Waals surface area contributed by atoms with Crippen molar-refractivity contribution in [2.24, 2.45) is 0 Å². The molecular formula is C15H12Cl2FNOS. The molecule has 0 aromatic heterocycles. The Balaban J connectivity index is 1.80. The third-order valence-corrected chi connectivity index (χ3v) is 4.22. The van der Waals surface area contributed by atoms with Crippen LogP contribution in [0, 0.1) is 5.82 Å². The molecule has 1 N–H and O–H groups in total. The molecule has 0 radical (unpaired) electrons. The van der Waals surface area contributed by atoms with Crippen LogP contribution in [0.25, 0.3) is 0 Å². The highest BCUT2D eigenvalue weighted by atomic mass is 35.5. The first-order valence-corrected chi connectivity index (χ1v) is 7.92. The summed E-state index contributed by atoms with van der Waals surface area (Å²) < 4.78 is 12.9. The van der Waals surface area contributed by atoms with Crippen LogP contribution in [0.5, 0.6) is 0 Å². The van der Waals surface area contributed by atoms with E-state index in [1.54, 1.807) is 11.8 Å². The van der Waals surface area contributed by atoms with E-state index in [9.17, 15) is 9.18 Å². The van der Waals surface area contributed by atoms with E-state index in [-0.39, 0.29) is 16.5 Å². The van der Waals surface area contributed by atoms with Crippen molar-refractivity contribution in [3.05, 3.63) is 63.9 Å². The third kappa shape index (κ3) is 4.92. The van der Waals surface area contributed by atoms with Gasteiger partial charge in [-0.3, -0.25) is 4.79 Å². The van der Waals surface area contributed by atoms with Crippen molar-refractivity contribution in [1.29, 1.82) is 0 Å². The molecule has 6 heteroatoms. The van der Waals surface area contributed by atoms with Crippen molar-refractivity contribution in [3.8, 4) is 0 Å². The van der Waals surface area contributed by atoms with Gasteiger partial charge in [0.25, 0.3) is 5.91 Å². The van der Waals surface area contributed by atoms with E-state index in [0.717, 1.165) is 11.0 Å². The Morgan fingerprint density at radius 2 is 1.86 bits per heavy atom. The Morgan fingerprint density at radius 3 is 2.52 bits per heavy atom. The number of carbonyl (C=O) groups is 1. The minimum atomic E-state index is -0.463. The highest BCUT2D eigenvalue weighted by Gasteiger charge is 2.10. The largest absolute Gasteiger partial charge is 0.351 e. The van der Waals surface area contributed by atoms with Crippen molar-refractivity contribution < 1.29 is 9.18 Å². The fourth-order valence-electron chi connectivity index (χ4n) is 1.63. The number of halogens is 3. The Kier molecular flexibility index (Phi) is 5.91. The van der Waals surface area contributed by atoms with Crippen LogP contribution >= 0.6 is 35.0 Å². The molecule has 0 heterocycles. The summed E-state index contributed by atoms with van der Waals surface area (Å²) in [5, 5.41) is 3.55. The molecule has 0 bridgehead atoms.